The predicted octanol–water partition coefficient (Wildman–Crippen LogP) is 1.93. The molecule has 1 atom stereocenters. The minimum absolute atomic E-state index is 0.123. The van der Waals surface area contributed by atoms with Gasteiger partial charge in [-0.1, -0.05) is 12.1 Å². The summed E-state index contributed by atoms with van der Waals surface area (Å²) in [6.07, 6.45) is 0. The van der Waals surface area contributed by atoms with Gasteiger partial charge in [0.25, 0.3) is 0 Å². The van der Waals surface area contributed by atoms with Crippen LogP contribution in [0.4, 0.5) is 4.39 Å². The first-order valence-corrected chi connectivity index (χ1v) is 6.52. The maximum Gasteiger partial charge on any atom is 0.233 e. The lowest BCUT2D eigenvalue weighted by Crippen LogP contribution is -2.02. The monoisotopic (exact) mass is 266 g/mol. The number of hydrogen-bond acceptors (Lipinski definition) is 4. The molecule has 0 aliphatic heterocycles. The van der Waals surface area contributed by atoms with E-state index in [1.54, 1.807) is 24.3 Å². The van der Waals surface area contributed by atoms with Gasteiger partial charge < -0.3 is 4.74 Å². The summed E-state index contributed by atoms with van der Waals surface area (Å²) in [5, 5.41) is 7.62. The van der Waals surface area contributed by atoms with E-state index in [1.807, 2.05) is 0 Å². The first-order valence-electron chi connectivity index (χ1n) is 5.20. The van der Waals surface area contributed by atoms with Gasteiger partial charge in [0.05, 0.1) is 34.3 Å². The molecule has 6 heteroatoms. The van der Waals surface area contributed by atoms with Crippen molar-refractivity contribution in [3.05, 3.63) is 47.9 Å². The highest BCUT2D eigenvalue weighted by molar-refractivity contribution is 7.84. The first-order chi connectivity index (χ1) is 8.70. The Balaban J connectivity index is 2.14. The van der Waals surface area contributed by atoms with Crippen molar-refractivity contribution >= 4 is 10.8 Å². The molecule has 1 aromatic heterocycles. The fraction of sp³-hybridized carbons (Fsp3) is 0.167. The minimum atomic E-state index is -1.47. The van der Waals surface area contributed by atoms with Crippen molar-refractivity contribution in [3.8, 4) is 5.88 Å². The molecule has 0 N–H and O–H groups in total. The Morgan fingerprint density at radius 1 is 1.22 bits per heavy atom. The second kappa shape index (κ2) is 5.68. The van der Waals surface area contributed by atoms with Gasteiger partial charge in [-0.3, -0.25) is 4.21 Å². The van der Waals surface area contributed by atoms with E-state index in [2.05, 4.69) is 10.2 Å². The minimum Gasteiger partial charge on any atom is -0.480 e. The number of nitrogens with zero attached hydrogens (tertiary/aromatic N) is 2. The standard InChI is InChI=1S/C12H11FN2O2S/c1-17-12-7-6-9(14-15-12)8-18(16)11-5-3-2-4-10(11)13/h2-7H,8H2,1H3. The average molecular weight is 266 g/mol. The van der Waals surface area contributed by atoms with Crippen molar-refractivity contribution in [1.82, 2.24) is 10.2 Å². The van der Waals surface area contributed by atoms with Crippen LogP contribution in [0.3, 0.4) is 0 Å². The Bertz CT molecular complexity index is 560. The van der Waals surface area contributed by atoms with Gasteiger partial charge in [-0.2, -0.15) is 5.10 Å². The molecule has 2 aromatic rings. The van der Waals surface area contributed by atoms with Crippen molar-refractivity contribution < 1.29 is 13.3 Å². The molecule has 2 rings (SSSR count). The van der Waals surface area contributed by atoms with E-state index in [9.17, 15) is 8.60 Å². The average Bonchev–Trinajstić information content (AvgIpc) is 2.40. The molecular weight excluding hydrogens is 255 g/mol. The highest BCUT2D eigenvalue weighted by atomic mass is 32.2. The molecule has 0 fully saturated rings. The molecule has 18 heavy (non-hydrogen) atoms. The SMILES string of the molecule is COc1ccc(CS(=O)c2ccccc2F)nn1. The third-order valence-electron chi connectivity index (χ3n) is 2.27. The van der Waals surface area contributed by atoms with Gasteiger partial charge in [0.1, 0.15) is 5.82 Å². The van der Waals surface area contributed by atoms with Crippen molar-refractivity contribution in [3.63, 3.8) is 0 Å². The number of rotatable bonds is 4. The number of aromatic nitrogens is 2. The van der Waals surface area contributed by atoms with Gasteiger partial charge >= 0.3 is 0 Å². The molecule has 1 unspecified atom stereocenters. The van der Waals surface area contributed by atoms with Crippen molar-refractivity contribution in [2.45, 2.75) is 10.6 Å². The zero-order valence-electron chi connectivity index (χ0n) is 9.67. The zero-order chi connectivity index (χ0) is 13.0. The fourth-order valence-corrected chi connectivity index (χ4v) is 2.47. The molecule has 1 aromatic carbocycles. The number of methoxy groups -OCH3 is 1. The molecular formula is C12H11FN2O2S. The van der Waals surface area contributed by atoms with Crippen LogP contribution in [0.5, 0.6) is 5.88 Å². The van der Waals surface area contributed by atoms with Crippen LogP contribution < -0.4 is 4.74 Å². The van der Waals surface area contributed by atoms with Gasteiger partial charge in [0, 0.05) is 6.07 Å². The topological polar surface area (TPSA) is 52.1 Å². The van der Waals surface area contributed by atoms with Crippen LogP contribution in [0.1, 0.15) is 5.69 Å². The molecule has 0 saturated carbocycles. The molecule has 0 radical (unpaired) electrons. The van der Waals surface area contributed by atoms with Crippen molar-refractivity contribution in [2.24, 2.45) is 0 Å². The number of halogens is 1. The molecule has 0 amide bonds. The summed E-state index contributed by atoms with van der Waals surface area (Å²) < 4.78 is 30.2. The van der Waals surface area contributed by atoms with Crippen LogP contribution in [0.25, 0.3) is 0 Å². The second-order valence-corrected chi connectivity index (χ2v) is 4.91. The van der Waals surface area contributed by atoms with E-state index < -0.39 is 16.6 Å². The predicted molar refractivity (Wildman–Crippen MR) is 65.1 cm³/mol. The maximum absolute atomic E-state index is 13.4. The summed E-state index contributed by atoms with van der Waals surface area (Å²) >= 11 is 0. The molecule has 0 bridgehead atoms. The number of ether oxygens (including phenoxy) is 1. The van der Waals surface area contributed by atoms with Crippen LogP contribution in [-0.4, -0.2) is 21.5 Å². The van der Waals surface area contributed by atoms with Crippen LogP contribution in [0.15, 0.2) is 41.3 Å². The van der Waals surface area contributed by atoms with Gasteiger partial charge in [-0.25, -0.2) is 4.39 Å². The lowest BCUT2D eigenvalue weighted by molar-refractivity contribution is 0.391. The van der Waals surface area contributed by atoms with E-state index in [0.717, 1.165) is 0 Å². The van der Waals surface area contributed by atoms with Gasteiger partial charge in [-0.15, -0.1) is 5.10 Å². The highest BCUT2D eigenvalue weighted by Gasteiger charge is 2.11. The van der Waals surface area contributed by atoms with E-state index in [1.165, 1.54) is 19.2 Å². The van der Waals surface area contributed by atoms with Gasteiger partial charge in [0.2, 0.25) is 5.88 Å². The summed E-state index contributed by atoms with van der Waals surface area (Å²) in [6, 6.07) is 9.28. The second-order valence-electron chi connectivity index (χ2n) is 3.49. The molecule has 0 spiro atoms. The largest absolute Gasteiger partial charge is 0.480 e. The lowest BCUT2D eigenvalue weighted by Gasteiger charge is -2.03. The summed E-state index contributed by atoms with van der Waals surface area (Å²) in [4.78, 5) is 0.176. The summed E-state index contributed by atoms with van der Waals surface area (Å²) in [5.74, 6) is 0.0329. The normalized spacial score (nSPS) is 12.1. The Hall–Kier alpha value is -1.82. The fourth-order valence-electron chi connectivity index (χ4n) is 1.37. The Morgan fingerprint density at radius 3 is 2.61 bits per heavy atom. The third kappa shape index (κ3) is 2.89. The van der Waals surface area contributed by atoms with Crippen molar-refractivity contribution in [1.29, 1.82) is 0 Å². The van der Waals surface area contributed by atoms with Crippen LogP contribution in [0, 0.1) is 5.82 Å². The summed E-state index contributed by atoms with van der Waals surface area (Å²) in [6.45, 7) is 0. The third-order valence-corrected chi connectivity index (χ3v) is 3.64. The summed E-state index contributed by atoms with van der Waals surface area (Å²) in [5.41, 5.74) is 0.525. The van der Waals surface area contributed by atoms with Gasteiger partial charge in [0.15, 0.2) is 0 Å². The molecule has 0 aliphatic carbocycles. The molecule has 0 aliphatic rings. The molecule has 94 valence electrons. The van der Waals surface area contributed by atoms with E-state index >= 15 is 0 Å². The van der Waals surface area contributed by atoms with Crippen LogP contribution in [0.2, 0.25) is 0 Å². The van der Waals surface area contributed by atoms with Crippen molar-refractivity contribution in [2.75, 3.05) is 7.11 Å². The van der Waals surface area contributed by atoms with Crippen LogP contribution in [-0.2, 0) is 16.6 Å². The molecule has 4 nitrogen and oxygen atoms in total. The quantitative estimate of drug-likeness (QED) is 0.848. The first kappa shape index (κ1) is 12.6. The Kier molecular flexibility index (Phi) is 3.99. The van der Waals surface area contributed by atoms with Gasteiger partial charge in [-0.05, 0) is 18.2 Å². The van der Waals surface area contributed by atoms with E-state index in [0.29, 0.717) is 11.6 Å². The lowest BCUT2D eigenvalue weighted by atomic mass is 10.3. The Morgan fingerprint density at radius 2 is 2.00 bits per heavy atom. The Labute approximate surface area is 106 Å². The molecule has 1 heterocycles. The molecule has 0 saturated heterocycles. The van der Waals surface area contributed by atoms with E-state index in [4.69, 9.17) is 4.74 Å². The van der Waals surface area contributed by atoms with Crippen LogP contribution >= 0.6 is 0 Å². The number of hydrogen-bond donors (Lipinski definition) is 0. The highest BCUT2D eigenvalue weighted by Crippen LogP contribution is 2.15. The smallest absolute Gasteiger partial charge is 0.233 e. The number of benzene rings is 1. The zero-order valence-corrected chi connectivity index (χ0v) is 10.5. The van der Waals surface area contributed by atoms with E-state index in [-0.39, 0.29) is 10.6 Å². The maximum atomic E-state index is 13.4. The summed E-state index contributed by atoms with van der Waals surface area (Å²) in [7, 11) is 0.0145.